The molecular formula is C18H28ClN3OS. The number of nitrogens with zero attached hydrogens (tertiary/aromatic N) is 2. The van der Waals surface area contributed by atoms with Crippen molar-refractivity contribution in [3.63, 3.8) is 0 Å². The number of carbonyl (C=O) groups excluding carboxylic acids is 1. The van der Waals surface area contributed by atoms with Gasteiger partial charge in [-0.25, -0.2) is 0 Å². The van der Waals surface area contributed by atoms with E-state index in [1.54, 1.807) is 11.8 Å². The van der Waals surface area contributed by atoms with E-state index in [1.165, 1.54) is 10.5 Å². The van der Waals surface area contributed by atoms with Crippen LogP contribution < -0.4 is 5.32 Å². The highest BCUT2D eigenvalue weighted by Gasteiger charge is 2.32. The average Bonchev–Trinajstić information content (AvgIpc) is 3.07. The fraction of sp³-hybridized carbons (Fsp3) is 0.611. The molecule has 2 saturated heterocycles. The standard InChI is InChI=1S/C18H27N3OS.ClH/c1-14-3-5-17(6-4-14)23-15(2)18(22)21-10-7-16(13-21)20-11-8-19-9-12-20;/h3-6,15-16,19H,7-13H2,1-2H3;1H. The van der Waals surface area contributed by atoms with Gasteiger partial charge in [0.2, 0.25) is 5.91 Å². The molecule has 3 rings (SSSR count). The monoisotopic (exact) mass is 369 g/mol. The van der Waals surface area contributed by atoms with Crippen LogP contribution in [0.3, 0.4) is 0 Å². The van der Waals surface area contributed by atoms with Crippen molar-refractivity contribution in [3.05, 3.63) is 29.8 Å². The molecular weight excluding hydrogens is 342 g/mol. The number of piperazine rings is 1. The Balaban J connectivity index is 0.00000208. The molecule has 2 heterocycles. The number of benzene rings is 1. The Morgan fingerprint density at radius 2 is 1.88 bits per heavy atom. The Labute approximate surface area is 155 Å². The van der Waals surface area contributed by atoms with Crippen LogP contribution in [0.4, 0.5) is 0 Å². The van der Waals surface area contributed by atoms with Gasteiger partial charge in [-0.3, -0.25) is 9.69 Å². The number of likely N-dealkylation sites (tertiary alicyclic amines) is 1. The Morgan fingerprint density at radius 3 is 2.54 bits per heavy atom. The summed E-state index contributed by atoms with van der Waals surface area (Å²) in [5.41, 5.74) is 1.26. The van der Waals surface area contributed by atoms with Crippen molar-refractivity contribution in [2.75, 3.05) is 39.3 Å². The van der Waals surface area contributed by atoms with Gasteiger partial charge in [0.05, 0.1) is 5.25 Å². The fourth-order valence-electron chi connectivity index (χ4n) is 3.42. The van der Waals surface area contributed by atoms with Crippen molar-refractivity contribution in [2.45, 2.75) is 36.5 Å². The Hall–Kier alpha value is -0.750. The van der Waals surface area contributed by atoms with Crippen molar-refractivity contribution in [1.29, 1.82) is 0 Å². The summed E-state index contributed by atoms with van der Waals surface area (Å²) in [6.07, 6.45) is 1.12. The zero-order valence-electron chi connectivity index (χ0n) is 14.5. The first kappa shape index (κ1) is 19.6. The van der Waals surface area contributed by atoms with Crippen LogP contribution in [0.2, 0.25) is 0 Å². The van der Waals surface area contributed by atoms with Crippen LogP contribution in [-0.4, -0.2) is 66.3 Å². The third-order valence-corrected chi connectivity index (χ3v) is 5.92. The second-order valence-corrected chi connectivity index (χ2v) is 8.00. The number of nitrogens with one attached hydrogen (secondary N) is 1. The molecule has 1 aromatic carbocycles. The minimum Gasteiger partial charge on any atom is -0.340 e. The molecule has 1 N–H and O–H groups in total. The van der Waals surface area contributed by atoms with Crippen LogP contribution in [0, 0.1) is 6.92 Å². The average molecular weight is 370 g/mol. The number of halogens is 1. The van der Waals surface area contributed by atoms with E-state index in [2.05, 4.69) is 46.3 Å². The summed E-state index contributed by atoms with van der Waals surface area (Å²) >= 11 is 1.67. The highest BCUT2D eigenvalue weighted by molar-refractivity contribution is 8.00. The molecule has 0 aromatic heterocycles. The molecule has 4 nitrogen and oxygen atoms in total. The lowest BCUT2D eigenvalue weighted by molar-refractivity contribution is -0.129. The topological polar surface area (TPSA) is 35.6 Å². The summed E-state index contributed by atoms with van der Waals surface area (Å²) in [7, 11) is 0. The normalized spacial score (nSPS) is 22.9. The van der Waals surface area contributed by atoms with E-state index in [0.29, 0.717) is 6.04 Å². The van der Waals surface area contributed by atoms with Crippen LogP contribution in [-0.2, 0) is 4.79 Å². The summed E-state index contributed by atoms with van der Waals surface area (Å²) in [5.74, 6) is 0.285. The van der Waals surface area contributed by atoms with Gasteiger partial charge in [0.25, 0.3) is 0 Å². The number of hydrogen-bond acceptors (Lipinski definition) is 4. The smallest absolute Gasteiger partial charge is 0.235 e. The molecule has 0 saturated carbocycles. The van der Waals surface area contributed by atoms with Crippen molar-refractivity contribution in [3.8, 4) is 0 Å². The molecule has 2 fully saturated rings. The third-order valence-electron chi connectivity index (χ3n) is 4.82. The summed E-state index contributed by atoms with van der Waals surface area (Å²) < 4.78 is 0. The zero-order chi connectivity index (χ0) is 16.2. The molecule has 24 heavy (non-hydrogen) atoms. The van der Waals surface area contributed by atoms with Gasteiger partial charge in [-0.1, -0.05) is 17.7 Å². The Morgan fingerprint density at radius 1 is 1.21 bits per heavy atom. The first-order chi connectivity index (χ1) is 11.1. The van der Waals surface area contributed by atoms with E-state index in [9.17, 15) is 4.79 Å². The van der Waals surface area contributed by atoms with Gasteiger partial charge in [-0.05, 0) is 32.4 Å². The number of thioether (sulfide) groups is 1. The maximum Gasteiger partial charge on any atom is 0.235 e. The molecule has 0 aliphatic carbocycles. The van der Waals surface area contributed by atoms with Crippen molar-refractivity contribution in [2.24, 2.45) is 0 Å². The first-order valence-electron chi connectivity index (χ1n) is 8.60. The fourth-order valence-corrected chi connectivity index (χ4v) is 4.37. The Kier molecular flexibility index (Phi) is 7.41. The van der Waals surface area contributed by atoms with Crippen LogP contribution in [0.25, 0.3) is 0 Å². The van der Waals surface area contributed by atoms with Crippen molar-refractivity contribution in [1.82, 2.24) is 15.1 Å². The van der Waals surface area contributed by atoms with E-state index in [4.69, 9.17) is 0 Å². The molecule has 134 valence electrons. The number of carbonyl (C=O) groups is 1. The quantitative estimate of drug-likeness (QED) is 0.827. The van der Waals surface area contributed by atoms with E-state index < -0.39 is 0 Å². The molecule has 2 aliphatic rings. The Bertz CT molecular complexity index is 534. The molecule has 2 unspecified atom stereocenters. The molecule has 0 radical (unpaired) electrons. The lowest BCUT2D eigenvalue weighted by Crippen LogP contribution is -2.49. The van der Waals surface area contributed by atoms with Gasteiger partial charge < -0.3 is 10.2 Å². The van der Waals surface area contributed by atoms with Crippen LogP contribution in [0.1, 0.15) is 18.9 Å². The summed E-state index contributed by atoms with van der Waals surface area (Å²) in [5, 5.41) is 3.38. The molecule has 1 aromatic rings. The van der Waals surface area contributed by atoms with Crippen LogP contribution in [0.5, 0.6) is 0 Å². The minimum atomic E-state index is -0.0144. The van der Waals surface area contributed by atoms with E-state index in [1.807, 2.05) is 6.92 Å². The van der Waals surface area contributed by atoms with Crippen LogP contribution >= 0.6 is 24.2 Å². The largest absolute Gasteiger partial charge is 0.340 e. The second kappa shape index (κ2) is 9.09. The van der Waals surface area contributed by atoms with Crippen molar-refractivity contribution < 1.29 is 4.79 Å². The molecule has 0 bridgehead atoms. The molecule has 2 atom stereocenters. The lowest BCUT2D eigenvalue weighted by Gasteiger charge is -2.32. The van der Waals surface area contributed by atoms with Gasteiger partial charge in [-0.15, -0.1) is 24.2 Å². The van der Waals surface area contributed by atoms with Crippen LogP contribution in [0.15, 0.2) is 29.2 Å². The summed E-state index contributed by atoms with van der Waals surface area (Å²) in [6, 6.07) is 8.98. The van der Waals surface area contributed by atoms with E-state index in [0.717, 1.165) is 45.7 Å². The first-order valence-corrected chi connectivity index (χ1v) is 9.48. The lowest BCUT2D eigenvalue weighted by atomic mass is 10.2. The van der Waals surface area contributed by atoms with Gasteiger partial charge in [0.15, 0.2) is 0 Å². The number of hydrogen-bond donors (Lipinski definition) is 1. The number of amides is 1. The zero-order valence-corrected chi connectivity index (χ0v) is 16.2. The van der Waals surface area contributed by atoms with E-state index >= 15 is 0 Å². The van der Waals surface area contributed by atoms with Gasteiger partial charge >= 0.3 is 0 Å². The maximum atomic E-state index is 12.7. The molecule has 0 spiro atoms. The third kappa shape index (κ3) is 4.88. The molecule has 1 amide bonds. The highest BCUT2D eigenvalue weighted by atomic mass is 35.5. The maximum absolute atomic E-state index is 12.7. The molecule has 6 heteroatoms. The predicted octanol–water partition coefficient (Wildman–Crippen LogP) is 2.40. The number of aryl methyl sites for hydroxylation is 1. The predicted molar refractivity (Wildman–Crippen MR) is 103 cm³/mol. The second-order valence-electron chi connectivity index (χ2n) is 6.59. The van der Waals surface area contributed by atoms with Gasteiger partial charge in [0.1, 0.15) is 0 Å². The van der Waals surface area contributed by atoms with Gasteiger partial charge in [-0.2, -0.15) is 0 Å². The summed E-state index contributed by atoms with van der Waals surface area (Å²) in [6.45, 7) is 10.3. The summed E-state index contributed by atoms with van der Waals surface area (Å²) in [4.78, 5) is 18.5. The highest BCUT2D eigenvalue weighted by Crippen LogP contribution is 2.26. The SMILES string of the molecule is Cc1ccc(SC(C)C(=O)N2CCC(N3CCNCC3)C2)cc1.Cl. The number of rotatable bonds is 4. The molecule has 2 aliphatic heterocycles. The minimum absolute atomic E-state index is 0. The van der Waals surface area contributed by atoms with Gasteiger partial charge in [0, 0.05) is 50.2 Å². The van der Waals surface area contributed by atoms with Crippen molar-refractivity contribution >= 4 is 30.1 Å². The van der Waals surface area contributed by atoms with E-state index in [-0.39, 0.29) is 23.6 Å².